The normalized spacial score (nSPS) is 14.1. The van der Waals surface area contributed by atoms with Crippen molar-refractivity contribution in [1.29, 1.82) is 5.41 Å². The molecule has 130 heavy (non-hydrogen) atoms. The van der Waals surface area contributed by atoms with Gasteiger partial charge in [0.25, 0.3) is 0 Å². The first-order valence-corrected chi connectivity index (χ1v) is 43.2. The molecule has 0 radical (unpaired) electrons. The first-order chi connectivity index (χ1) is 61.8. The maximum Gasteiger partial charge on any atom is 0.246 e. The van der Waals surface area contributed by atoms with Gasteiger partial charge in [0, 0.05) is 105 Å². The molecule has 0 spiro atoms. The zero-order chi connectivity index (χ0) is 95.8. The molecule has 0 saturated heterocycles. The third-order valence-corrected chi connectivity index (χ3v) is 21.4. The minimum absolute atomic E-state index is 0.00787. The third-order valence-electron chi connectivity index (χ3n) is 20.7. The van der Waals surface area contributed by atoms with Crippen molar-refractivity contribution < 1.29 is 96.5 Å². The number of aliphatic hydroxyl groups is 1. The molecule has 43 nitrogen and oxygen atoms in total. The number of ether oxygens (including phenoxy) is 1. The van der Waals surface area contributed by atoms with Crippen molar-refractivity contribution in [3.05, 3.63) is 138 Å². The Morgan fingerprint density at radius 1 is 0.469 bits per heavy atom. The van der Waals surface area contributed by atoms with Crippen LogP contribution in [0, 0.1) is 11.3 Å². The number of hydrogen-bond acceptors (Lipinski definition) is 24. The number of benzene rings is 4. The lowest BCUT2D eigenvalue weighted by molar-refractivity contribution is -0.144. The maximum absolute atomic E-state index is 15.4. The maximum atomic E-state index is 15.4. The summed E-state index contributed by atoms with van der Waals surface area (Å²) in [6, 6.07) is 8.87. The second kappa shape index (κ2) is 53.4. The van der Waals surface area contributed by atoms with E-state index < -0.39 is 229 Å². The van der Waals surface area contributed by atoms with Crippen LogP contribution in [0.15, 0.2) is 116 Å². The topological polar surface area (TPSA) is 697 Å². The minimum atomic E-state index is -1.96. The number of phenols is 1. The fraction of sp³-hybridized carbons (Fsp3) is 0.459. The Morgan fingerprint density at radius 2 is 0.938 bits per heavy atom. The number of rotatable bonds is 56. The van der Waals surface area contributed by atoms with Crippen LogP contribution in [0.5, 0.6) is 5.75 Å². The predicted octanol–water partition coefficient (Wildman–Crippen LogP) is -5.03. The number of H-pyrrole nitrogens is 2. The van der Waals surface area contributed by atoms with Crippen LogP contribution in [-0.4, -0.2) is 268 Å². The molecule has 13 atom stereocenters. The SMILES string of the molecule is CC(=O)N[C@@H](CS)C(=O)N(C)[C@@H](CC(N)=O)C(=O)N[C@H](C(=O)N[C@@H](Cc1c[nH]c2ccccc12)C(=O)N[C@@H](CCC(N)=O)C(=O)N[C@@H](CS)C(=O)N[C@@H](Cc1ccc(O)cc1)C(=O)N[C@@H](Cc1c[nH]c2ccccc12)C(=O)N[C@@H](CCCNC(=N)N)C(=O)N[C@H](C(=O)N[C@@H](Cc1ccccc1)C(=O)NCC(=O)NCCOCC(=O)N[C@H](CCCCN)C(N)=O)C(C)C)[C@@H](C)O. The van der Waals surface area contributed by atoms with Crippen molar-refractivity contribution in [3.63, 3.8) is 0 Å². The Bertz CT molecular complexity index is 4920. The number of aromatic nitrogens is 2. The number of primary amides is 3. The van der Waals surface area contributed by atoms with Gasteiger partial charge in [-0.2, -0.15) is 25.3 Å². The van der Waals surface area contributed by atoms with Crippen molar-refractivity contribution in [2.75, 3.05) is 57.9 Å². The van der Waals surface area contributed by atoms with E-state index in [0.29, 0.717) is 63.4 Å². The number of aromatic amines is 2. The van der Waals surface area contributed by atoms with Crippen LogP contribution in [-0.2, 0) is 112 Å². The lowest BCUT2D eigenvalue weighted by Gasteiger charge is -2.32. The van der Waals surface area contributed by atoms with E-state index in [2.05, 4.69) is 110 Å². The number of nitrogens with one attached hydrogen (secondary N) is 17. The zero-order valence-electron chi connectivity index (χ0n) is 72.7. The molecule has 0 unspecified atom stereocenters. The number of amides is 17. The molecule has 6 rings (SSSR count). The number of nitrogens with two attached hydrogens (primary N) is 5. The molecule has 0 aliphatic carbocycles. The van der Waals surface area contributed by atoms with Crippen LogP contribution < -0.4 is 103 Å². The molecule has 0 saturated carbocycles. The first kappa shape index (κ1) is 105. The number of para-hydroxylation sites is 2. The number of aromatic hydroxyl groups is 1. The van der Waals surface area contributed by atoms with E-state index in [-0.39, 0.29) is 76.1 Å². The van der Waals surface area contributed by atoms with Gasteiger partial charge in [-0.05, 0) is 104 Å². The van der Waals surface area contributed by atoms with Crippen molar-refractivity contribution in [1.82, 2.24) is 89.3 Å². The number of guanidine groups is 1. The van der Waals surface area contributed by atoms with Crippen LogP contribution in [0.2, 0.25) is 0 Å². The third kappa shape index (κ3) is 34.6. The molecule has 2 aromatic heterocycles. The minimum Gasteiger partial charge on any atom is -0.508 e. The molecular weight excluding hydrogens is 1730 g/mol. The summed E-state index contributed by atoms with van der Waals surface area (Å²) in [6.45, 7) is 4.52. The number of nitrogens with zero attached hydrogens (tertiary/aromatic N) is 1. The molecular formula is C85H119N23O20S2. The number of carbonyl (C=O) groups excluding carboxylic acids is 17. The quantitative estimate of drug-likeness (QED) is 0.00735. The van der Waals surface area contributed by atoms with E-state index >= 15 is 9.59 Å². The van der Waals surface area contributed by atoms with E-state index in [1.54, 1.807) is 98.9 Å². The largest absolute Gasteiger partial charge is 0.508 e. The Hall–Kier alpha value is -13.4. The number of unbranched alkanes of at least 4 members (excludes halogenated alkanes) is 1. The summed E-state index contributed by atoms with van der Waals surface area (Å²) < 4.78 is 5.36. The highest BCUT2D eigenvalue weighted by Crippen LogP contribution is 2.23. The number of carbonyl (C=O) groups is 17. The van der Waals surface area contributed by atoms with E-state index in [9.17, 15) is 82.1 Å². The second-order valence-electron chi connectivity index (χ2n) is 31.2. The van der Waals surface area contributed by atoms with Crippen molar-refractivity contribution in [3.8, 4) is 5.75 Å². The van der Waals surface area contributed by atoms with Crippen molar-refractivity contribution in [2.24, 2.45) is 34.6 Å². The Balaban J connectivity index is 1.26. The lowest BCUT2D eigenvalue weighted by atomic mass is 9.99. The average Bonchev–Trinajstić information content (AvgIpc) is 1.63. The predicted molar refractivity (Wildman–Crippen MR) is 484 cm³/mol. The number of hydrogen-bond donors (Lipinski definition) is 26. The van der Waals surface area contributed by atoms with Crippen molar-refractivity contribution >= 4 is 153 Å². The summed E-state index contributed by atoms with van der Waals surface area (Å²) in [5, 5.41) is 66.4. The van der Waals surface area contributed by atoms with Gasteiger partial charge in [0.15, 0.2) is 5.96 Å². The summed E-state index contributed by atoms with van der Waals surface area (Å²) in [5.74, 6) is -18.1. The molecule has 45 heteroatoms. The molecule has 706 valence electrons. The van der Waals surface area contributed by atoms with Crippen LogP contribution in [0.3, 0.4) is 0 Å². The molecule has 0 fully saturated rings. The van der Waals surface area contributed by atoms with Gasteiger partial charge in [0.1, 0.15) is 84.9 Å². The summed E-state index contributed by atoms with van der Waals surface area (Å²) in [5.41, 5.74) is 30.7. The van der Waals surface area contributed by atoms with Crippen molar-refractivity contribution in [2.45, 2.75) is 183 Å². The fourth-order valence-electron chi connectivity index (χ4n) is 13.7. The van der Waals surface area contributed by atoms with Crippen LogP contribution in [0.1, 0.15) is 101 Å². The van der Waals surface area contributed by atoms with E-state index in [0.717, 1.165) is 25.8 Å². The lowest BCUT2D eigenvalue weighted by Crippen LogP contribution is -2.62. The monoisotopic (exact) mass is 1850 g/mol. The van der Waals surface area contributed by atoms with Gasteiger partial charge in [-0.1, -0.05) is 92.7 Å². The van der Waals surface area contributed by atoms with Gasteiger partial charge in [-0.15, -0.1) is 0 Å². The van der Waals surface area contributed by atoms with E-state index in [4.69, 9.17) is 38.8 Å². The Morgan fingerprint density at radius 3 is 1.45 bits per heavy atom. The molecule has 0 aliphatic heterocycles. The molecule has 0 bridgehead atoms. The first-order valence-electron chi connectivity index (χ1n) is 42.0. The van der Waals surface area contributed by atoms with E-state index in [1.807, 2.05) is 0 Å². The molecule has 17 amide bonds. The summed E-state index contributed by atoms with van der Waals surface area (Å²) >= 11 is 8.52. The molecule has 6 aromatic rings. The average molecular weight is 1850 g/mol. The van der Waals surface area contributed by atoms with Gasteiger partial charge in [0.05, 0.1) is 25.7 Å². The Kier molecular flexibility index (Phi) is 43.3. The smallest absolute Gasteiger partial charge is 0.246 e. The summed E-state index contributed by atoms with van der Waals surface area (Å²) in [7, 11) is 1.12. The van der Waals surface area contributed by atoms with Gasteiger partial charge >= 0.3 is 0 Å². The zero-order valence-corrected chi connectivity index (χ0v) is 74.5. The molecule has 2 heterocycles. The number of fused-ring (bicyclic) bond motifs is 2. The van der Waals surface area contributed by atoms with E-state index in [1.165, 1.54) is 30.5 Å². The number of phenolic OH excluding ortho intramolecular Hbond substituents is 1. The Labute approximate surface area is 760 Å². The highest BCUT2D eigenvalue weighted by molar-refractivity contribution is 7.80. The van der Waals surface area contributed by atoms with Gasteiger partial charge in [-0.3, -0.25) is 86.9 Å². The molecule has 29 N–H and O–H groups in total. The number of likely N-dealkylation sites (N-methyl/N-ethyl adjacent to an activating group) is 1. The fourth-order valence-corrected chi connectivity index (χ4v) is 14.2. The number of thiol groups is 2. The number of aliphatic hydroxyl groups excluding tert-OH is 1. The van der Waals surface area contributed by atoms with Crippen LogP contribution in [0.25, 0.3) is 21.8 Å². The van der Waals surface area contributed by atoms with Crippen LogP contribution in [0.4, 0.5) is 0 Å². The second-order valence-corrected chi connectivity index (χ2v) is 32.0. The van der Waals surface area contributed by atoms with Gasteiger partial charge < -0.3 is 133 Å². The standard InChI is InChI=1S/C85H119N23O20S2/c1-45(2)71(82(125)103-60(34-48-16-7-6-8-17-48)74(117)96-41-69(114)92-32-33-128-42-70(115)98-57(73(89)116)22-13-14-30-86)106-76(119)58(23-15-31-93-85(90)91)99-78(121)62(36-50-39-94-55-20-11-9-18-53(50)55)102-77(120)61(35-49-24-26-52(111)27-25-49)101-80(123)64(43-129)105-75(118)59(28-29-67(87)112)100-79(122)63(37-51-40-95-56-21-12-10-19-54(51)56)104-83(126)72(46(3)109)107-81(124)66(38-68(88)113)108(5)84(127)65(44-130)97-47(4)110/h6-12,16-21,24-27,39-40,45-46,57-66,71-72,94-95,109,111,129-130H,13-15,22-23,28-38,41-44,86H2,1-5H3,(H2,87,112)(H2,88,113)(H2,89,116)(H,92,114)(H,96,117)(H,97,110)(H,98,115)(H,99,121)(H,100,122)(H,101,123)(H,102,120)(H,103,125)(H,104,126)(H,105,118)(H,106,119)(H,107,124)(H4,90,91,93)/t46-,57-,58+,59+,60+,61+,62+,63+,64+,65+,66+,71+,72+/m1/s1. The summed E-state index contributed by atoms with van der Waals surface area (Å²) in [6.07, 6.45) is -0.510. The highest BCUT2D eigenvalue weighted by atomic mass is 32.1. The molecule has 0 aliphatic rings. The van der Waals surface area contributed by atoms with Gasteiger partial charge in [-0.25, -0.2) is 0 Å². The summed E-state index contributed by atoms with van der Waals surface area (Å²) in [4.78, 5) is 243. The highest BCUT2D eigenvalue weighted by Gasteiger charge is 2.40. The van der Waals surface area contributed by atoms with Gasteiger partial charge in [0.2, 0.25) is 100 Å². The molecule has 4 aromatic carbocycles. The van der Waals surface area contributed by atoms with Crippen LogP contribution >= 0.6 is 25.3 Å².